The van der Waals surface area contributed by atoms with Gasteiger partial charge in [0, 0.05) is 17.5 Å². The van der Waals surface area contributed by atoms with Crippen molar-refractivity contribution in [2.24, 2.45) is 0 Å². The number of anilines is 1. The number of aryl methyl sites for hydroxylation is 1. The van der Waals surface area contributed by atoms with Gasteiger partial charge in [-0.05, 0) is 44.2 Å². The molecule has 8 heteroatoms. The number of nitrogens with zero attached hydrogens (tertiary/aromatic N) is 1. The molecule has 0 spiro atoms. The Bertz CT molecular complexity index is 1050. The van der Waals surface area contributed by atoms with Gasteiger partial charge < -0.3 is 9.88 Å². The Kier molecular flexibility index (Phi) is 4.97. The summed E-state index contributed by atoms with van der Waals surface area (Å²) < 4.78 is 68.5. The summed E-state index contributed by atoms with van der Waals surface area (Å²) in [6.07, 6.45) is -4.58. The third-order valence-corrected chi connectivity index (χ3v) is 4.30. The van der Waals surface area contributed by atoms with Gasteiger partial charge in [-0.3, -0.25) is 4.79 Å². The summed E-state index contributed by atoms with van der Waals surface area (Å²) in [5.41, 5.74) is -0.646. The summed E-state index contributed by atoms with van der Waals surface area (Å²) in [7, 11) is 0. The van der Waals surface area contributed by atoms with Crippen LogP contribution in [-0.4, -0.2) is 10.5 Å². The van der Waals surface area contributed by atoms with Gasteiger partial charge in [-0.25, -0.2) is 8.78 Å². The van der Waals surface area contributed by atoms with E-state index in [9.17, 15) is 26.7 Å². The highest BCUT2D eigenvalue weighted by atomic mass is 19.4. The van der Waals surface area contributed by atoms with Gasteiger partial charge in [-0.2, -0.15) is 13.2 Å². The molecule has 1 aromatic heterocycles. The number of nitrogens with one attached hydrogen (secondary N) is 1. The van der Waals surface area contributed by atoms with Crippen molar-refractivity contribution < 1.29 is 26.7 Å². The molecule has 0 aliphatic carbocycles. The van der Waals surface area contributed by atoms with Crippen LogP contribution in [0.1, 0.15) is 27.3 Å². The van der Waals surface area contributed by atoms with Crippen LogP contribution in [0, 0.1) is 25.5 Å². The summed E-state index contributed by atoms with van der Waals surface area (Å²) >= 11 is 0. The topological polar surface area (TPSA) is 34.0 Å². The number of carbonyl (C=O) groups is 1. The monoisotopic (exact) mass is 394 g/mol. The number of benzene rings is 2. The van der Waals surface area contributed by atoms with Crippen molar-refractivity contribution in [2.45, 2.75) is 20.0 Å². The van der Waals surface area contributed by atoms with Gasteiger partial charge in [0.2, 0.25) is 0 Å². The summed E-state index contributed by atoms with van der Waals surface area (Å²) in [5.74, 6) is -2.32. The van der Waals surface area contributed by atoms with E-state index in [4.69, 9.17) is 0 Å². The smallest absolute Gasteiger partial charge is 0.319 e. The molecule has 1 N–H and O–H groups in total. The van der Waals surface area contributed by atoms with Crippen LogP contribution in [-0.2, 0) is 6.18 Å². The molecule has 0 saturated carbocycles. The molecule has 3 rings (SSSR count). The van der Waals surface area contributed by atoms with Crippen LogP contribution in [0.5, 0.6) is 0 Å². The van der Waals surface area contributed by atoms with E-state index in [2.05, 4.69) is 5.32 Å². The lowest BCUT2D eigenvalue weighted by Gasteiger charge is -2.16. The van der Waals surface area contributed by atoms with Crippen molar-refractivity contribution in [3.05, 3.63) is 82.7 Å². The van der Waals surface area contributed by atoms with Crippen molar-refractivity contribution >= 4 is 11.6 Å². The highest BCUT2D eigenvalue weighted by Gasteiger charge is 2.34. The highest BCUT2D eigenvalue weighted by molar-refractivity contribution is 6.05. The Balaban J connectivity index is 2.04. The van der Waals surface area contributed by atoms with Gasteiger partial charge in [0.05, 0.1) is 22.5 Å². The fourth-order valence-corrected chi connectivity index (χ4v) is 3.05. The Hall–Kier alpha value is -3.16. The van der Waals surface area contributed by atoms with E-state index >= 15 is 0 Å². The maximum Gasteiger partial charge on any atom is 0.418 e. The number of rotatable bonds is 3. The number of carbonyl (C=O) groups excluding carboxylic acids is 1. The molecule has 1 heterocycles. The van der Waals surface area contributed by atoms with E-state index in [0.717, 1.165) is 24.3 Å². The zero-order valence-electron chi connectivity index (χ0n) is 14.9. The number of para-hydroxylation sites is 1. The highest BCUT2D eigenvalue weighted by Crippen LogP contribution is 2.35. The first-order valence-corrected chi connectivity index (χ1v) is 8.21. The Morgan fingerprint density at radius 2 is 1.68 bits per heavy atom. The molecule has 28 heavy (non-hydrogen) atoms. The van der Waals surface area contributed by atoms with Gasteiger partial charge in [0.15, 0.2) is 0 Å². The fraction of sp³-hybridized carbons (Fsp3) is 0.150. The van der Waals surface area contributed by atoms with Crippen LogP contribution in [0.3, 0.4) is 0 Å². The third-order valence-electron chi connectivity index (χ3n) is 4.30. The molecule has 1 amide bonds. The Labute approximate surface area is 157 Å². The zero-order chi connectivity index (χ0) is 20.6. The lowest BCUT2D eigenvalue weighted by atomic mass is 10.1. The van der Waals surface area contributed by atoms with Crippen molar-refractivity contribution in [2.75, 3.05) is 5.32 Å². The number of amides is 1. The number of alkyl halides is 3. The van der Waals surface area contributed by atoms with Gasteiger partial charge >= 0.3 is 6.18 Å². The minimum absolute atomic E-state index is 0.0538. The van der Waals surface area contributed by atoms with E-state index in [1.54, 1.807) is 6.92 Å². The molecule has 0 aliphatic rings. The molecule has 3 nitrogen and oxygen atoms in total. The molecule has 0 radical (unpaired) electrons. The van der Waals surface area contributed by atoms with E-state index < -0.39 is 29.3 Å². The van der Waals surface area contributed by atoms with Gasteiger partial charge in [-0.15, -0.1) is 0 Å². The molecule has 0 unspecified atom stereocenters. The van der Waals surface area contributed by atoms with Gasteiger partial charge in [0.1, 0.15) is 11.6 Å². The largest absolute Gasteiger partial charge is 0.418 e. The van der Waals surface area contributed by atoms with Crippen molar-refractivity contribution in [3.63, 3.8) is 0 Å². The second kappa shape index (κ2) is 7.10. The number of hydrogen-bond acceptors (Lipinski definition) is 1. The predicted octanol–water partition coefficient (Wildman–Crippen LogP) is 5.64. The third kappa shape index (κ3) is 3.62. The lowest BCUT2D eigenvalue weighted by molar-refractivity contribution is -0.137. The van der Waals surface area contributed by atoms with Gasteiger partial charge in [-0.1, -0.05) is 12.1 Å². The van der Waals surface area contributed by atoms with Gasteiger partial charge in [0.25, 0.3) is 5.91 Å². The first-order valence-electron chi connectivity index (χ1n) is 8.21. The van der Waals surface area contributed by atoms with Crippen LogP contribution in [0.15, 0.2) is 48.5 Å². The maximum atomic E-state index is 13.8. The lowest BCUT2D eigenvalue weighted by Crippen LogP contribution is -2.15. The summed E-state index contributed by atoms with van der Waals surface area (Å²) in [4.78, 5) is 12.5. The quantitative estimate of drug-likeness (QED) is 0.573. The predicted molar refractivity (Wildman–Crippen MR) is 94.6 cm³/mol. The van der Waals surface area contributed by atoms with Crippen LogP contribution in [0.2, 0.25) is 0 Å². The number of hydrogen-bond donors (Lipinski definition) is 1. The van der Waals surface area contributed by atoms with Crippen molar-refractivity contribution in [1.29, 1.82) is 0 Å². The van der Waals surface area contributed by atoms with E-state index in [1.165, 1.54) is 35.8 Å². The molecule has 0 atom stereocenters. The van der Waals surface area contributed by atoms with Crippen LogP contribution < -0.4 is 5.32 Å². The van der Waals surface area contributed by atoms with E-state index in [0.29, 0.717) is 5.69 Å². The normalized spacial score (nSPS) is 11.5. The zero-order valence-corrected chi connectivity index (χ0v) is 14.9. The summed E-state index contributed by atoms with van der Waals surface area (Å²) in [5, 5.41) is 2.26. The molecule has 0 bridgehead atoms. The van der Waals surface area contributed by atoms with Crippen LogP contribution in [0.25, 0.3) is 5.69 Å². The van der Waals surface area contributed by atoms with Crippen LogP contribution in [0.4, 0.5) is 27.6 Å². The Morgan fingerprint density at radius 1 is 1.00 bits per heavy atom. The fourth-order valence-electron chi connectivity index (χ4n) is 3.05. The molecule has 0 aliphatic heterocycles. The second-order valence-electron chi connectivity index (χ2n) is 6.21. The molecule has 0 saturated heterocycles. The minimum atomic E-state index is -4.58. The average Bonchev–Trinajstić information content (AvgIpc) is 2.92. The maximum absolute atomic E-state index is 13.8. The molecule has 2 aromatic carbocycles. The average molecular weight is 394 g/mol. The summed E-state index contributed by atoms with van der Waals surface area (Å²) in [6, 6.07) is 9.00. The summed E-state index contributed by atoms with van der Waals surface area (Å²) in [6.45, 7) is 3.04. The standard InChI is InChI=1S/C20H15F5N2O/c1-11-9-14(19(28)26-17-10-13(21)7-8-16(17)22)12(2)27(11)18-6-4-3-5-15(18)20(23,24)25/h3-10H,1-2H3,(H,26,28). The first kappa shape index (κ1) is 19.6. The number of halogens is 5. The van der Waals surface area contributed by atoms with Crippen molar-refractivity contribution in [3.8, 4) is 5.69 Å². The molecule has 146 valence electrons. The van der Waals surface area contributed by atoms with Crippen LogP contribution >= 0.6 is 0 Å². The SMILES string of the molecule is Cc1cc(C(=O)Nc2cc(F)ccc2F)c(C)n1-c1ccccc1C(F)(F)F. The first-order chi connectivity index (χ1) is 13.1. The Morgan fingerprint density at radius 3 is 2.36 bits per heavy atom. The van der Waals surface area contributed by atoms with E-state index in [1.807, 2.05) is 0 Å². The minimum Gasteiger partial charge on any atom is -0.319 e. The second-order valence-corrected chi connectivity index (χ2v) is 6.21. The molecule has 3 aromatic rings. The molecular formula is C20H15F5N2O. The van der Waals surface area contributed by atoms with E-state index in [-0.39, 0.29) is 22.6 Å². The van der Waals surface area contributed by atoms with Crippen molar-refractivity contribution in [1.82, 2.24) is 4.57 Å². The molecule has 0 fully saturated rings. The molecular weight excluding hydrogens is 379 g/mol. The number of aromatic nitrogens is 1.